The molecule has 0 bridgehead atoms. The Kier molecular flexibility index (Phi) is 7.41. The van der Waals surface area contributed by atoms with E-state index in [2.05, 4.69) is 10.6 Å². The second-order valence-electron chi connectivity index (χ2n) is 7.05. The third kappa shape index (κ3) is 6.31. The van der Waals surface area contributed by atoms with E-state index >= 15 is 0 Å². The first kappa shape index (κ1) is 20.2. The molecule has 0 aliphatic carbocycles. The molecular weight excluding hydrogens is 336 g/mol. The SMILES string of the molecule is Cc1ccc(COC(=O)NC(CC(C)C)C(=O)N[C@H]2CCOC2O)cc1. The molecule has 3 atom stereocenters. The van der Waals surface area contributed by atoms with Gasteiger partial charge in [-0.25, -0.2) is 4.79 Å². The number of benzene rings is 1. The van der Waals surface area contributed by atoms with Crippen LogP contribution in [0.2, 0.25) is 0 Å². The first-order chi connectivity index (χ1) is 12.3. The Balaban J connectivity index is 1.87. The predicted molar refractivity (Wildman–Crippen MR) is 96.2 cm³/mol. The van der Waals surface area contributed by atoms with Gasteiger partial charge in [0.2, 0.25) is 5.91 Å². The lowest BCUT2D eigenvalue weighted by molar-refractivity contribution is -0.127. The lowest BCUT2D eigenvalue weighted by Crippen LogP contribution is -2.51. The fourth-order valence-electron chi connectivity index (χ4n) is 2.72. The first-order valence-corrected chi connectivity index (χ1v) is 8.94. The number of nitrogens with one attached hydrogen (secondary N) is 2. The number of aliphatic hydroxyl groups is 1. The highest BCUT2D eigenvalue weighted by molar-refractivity contribution is 5.85. The Morgan fingerprint density at radius 2 is 2.00 bits per heavy atom. The van der Waals surface area contributed by atoms with Crippen LogP contribution < -0.4 is 10.6 Å². The molecule has 2 amide bonds. The average Bonchev–Trinajstić information content (AvgIpc) is 2.98. The molecule has 2 unspecified atom stereocenters. The summed E-state index contributed by atoms with van der Waals surface area (Å²) < 4.78 is 10.3. The van der Waals surface area contributed by atoms with E-state index in [0.29, 0.717) is 19.4 Å². The van der Waals surface area contributed by atoms with Crippen molar-refractivity contribution in [3.63, 3.8) is 0 Å². The van der Waals surface area contributed by atoms with Crippen molar-refractivity contribution in [1.82, 2.24) is 10.6 Å². The minimum atomic E-state index is -1.01. The van der Waals surface area contributed by atoms with Gasteiger partial charge in [-0.15, -0.1) is 0 Å². The van der Waals surface area contributed by atoms with E-state index in [1.54, 1.807) is 0 Å². The van der Waals surface area contributed by atoms with Crippen LogP contribution in [0.5, 0.6) is 0 Å². The number of aryl methyl sites for hydroxylation is 1. The van der Waals surface area contributed by atoms with Gasteiger partial charge in [0.15, 0.2) is 6.29 Å². The number of amides is 2. The van der Waals surface area contributed by atoms with Crippen LogP contribution in [0.1, 0.15) is 37.8 Å². The van der Waals surface area contributed by atoms with Crippen molar-refractivity contribution in [2.24, 2.45) is 5.92 Å². The van der Waals surface area contributed by atoms with Gasteiger partial charge >= 0.3 is 6.09 Å². The van der Waals surface area contributed by atoms with Crippen LogP contribution in [-0.4, -0.2) is 42.1 Å². The summed E-state index contributed by atoms with van der Waals surface area (Å²) in [5.41, 5.74) is 2.01. The number of rotatable bonds is 7. The van der Waals surface area contributed by atoms with Crippen molar-refractivity contribution in [3.8, 4) is 0 Å². The van der Waals surface area contributed by atoms with Crippen molar-refractivity contribution in [3.05, 3.63) is 35.4 Å². The normalized spacial score (nSPS) is 20.7. The molecule has 144 valence electrons. The summed E-state index contributed by atoms with van der Waals surface area (Å²) >= 11 is 0. The topological polar surface area (TPSA) is 96.9 Å². The monoisotopic (exact) mass is 364 g/mol. The van der Waals surface area contributed by atoms with E-state index in [0.717, 1.165) is 11.1 Å². The molecule has 3 N–H and O–H groups in total. The smallest absolute Gasteiger partial charge is 0.408 e. The van der Waals surface area contributed by atoms with Crippen LogP contribution in [0.15, 0.2) is 24.3 Å². The number of carbonyl (C=O) groups is 2. The number of ether oxygens (including phenoxy) is 2. The zero-order valence-electron chi connectivity index (χ0n) is 15.5. The molecule has 1 aliphatic rings. The molecule has 0 spiro atoms. The third-order valence-corrected chi connectivity index (χ3v) is 4.20. The van der Waals surface area contributed by atoms with Gasteiger partial charge in [0.05, 0.1) is 12.6 Å². The Hall–Kier alpha value is -2.12. The molecule has 0 aromatic heterocycles. The number of aliphatic hydroxyl groups excluding tert-OH is 1. The van der Waals surface area contributed by atoms with Gasteiger partial charge in [-0.1, -0.05) is 43.7 Å². The van der Waals surface area contributed by atoms with E-state index < -0.39 is 24.5 Å². The second-order valence-corrected chi connectivity index (χ2v) is 7.05. The Morgan fingerprint density at radius 3 is 2.58 bits per heavy atom. The molecule has 1 saturated heterocycles. The van der Waals surface area contributed by atoms with E-state index in [-0.39, 0.29) is 18.4 Å². The minimum Gasteiger partial charge on any atom is -0.445 e. The molecule has 1 fully saturated rings. The average molecular weight is 364 g/mol. The summed E-state index contributed by atoms with van der Waals surface area (Å²) in [4.78, 5) is 24.6. The van der Waals surface area contributed by atoms with E-state index in [1.807, 2.05) is 45.0 Å². The number of alkyl carbamates (subject to hydrolysis) is 1. The zero-order chi connectivity index (χ0) is 19.1. The first-order valence-electron chi connectivity index (χ1n) is 8.94. The fourth-order valence-corrected chi connectivity index (χ4v) is 2.72. The molecule has 1 heterocycles. The van der Waals surface area contributed by atoms with Crippen LogP contribution in [0.3, 0.4) is 0 Å². The molecule has 7 nitrogen and oxygen atoms in total. The van der Waals surface area contributed by atoms with E-state index in [1.165, 1.54) is 0 Å². The Labute approximate surface area is 154 Å². The predicted octanol–water partition coefficient (Wildman–Crippen LogP) is 1.86. The molecular formula is C19H28N2O5. The second kappa shape index (κ2) is 9.54. The highest BCUT2D eigenvalue weighted by atomic mass is 16.6. The standard InChI is InChI=1S/C19H28N2O5/c1-12(2)10-16(17(22)20-15-8-9-25-18(15)23)21-19(24)26-11-14-6-4-13(3)5-7-14/h4-7,12,15-16,18,23H,8-11H2,1-3H3,(H,20,22)(H,21,24)/t15-,16?,18?/m0/s1. The fraction of sp³-hybridized carbons (Fsp3) is 0.579. The maximum atomic E-state index is 12.5. The molecule has 1 aromatic rings. The molecule has 1 aromatic carbocycles. The van der Waals surface area contributed by atoms with Gasteiger partial charge in [-0.05, 0) is 31.2 Å². The van der Waals surface area contributed by atoms with Crippen molar-refractivity contribution in [2.45, 2.75) is 58.6 Å². The number of hydrogen-bond donors (Lipinski definition) is 3. The lowest BCUT2D eigenvalue weighted by atomic mass is 10.0. The summed E-state index contributed by atoms with van der Waals surface area (Å²) in [6.45, 7) is 6.45. The van der Waals surface area contributed by atoms with Crippen LogP contribution in [0.4, 0.5) is 4.79 Å². The molecule has 2 rings (SSSR count). The summed E-state index contributed by atoms with van der Waals surface area (Å²) in [6, 6.07) is 6.49. The largest absolute Gasteiger partial charge is 0.445 e. The molecule has 7 heteroatoms. The molecule has 0 radical (unpaired) electrons. The van der Waals surface area contributed by atoms with Crippen molar-refractivity contribution >= 4 is 12.0 Å². The summed E-state index contributed by atoms with van der Waals surface area (Å²) in [6.07, 6.45) is -0.643. The molecule has 0 saturated carbocycles. The van der Waals surface area contributed by atoms with Crippen molar-refractivity contribution in [2.75, 3.05) is 6.61 Å². The quantitative estimate of drug-likeness (QED) is 0.686. The number of hydrogen-bond acceptors (Lipinski definition) is 5. The molecule has 26 heavy (non-hydrogen) atoms. The van der Waals surface area contributed by atoms with Crippen molar-refractivity contribution in [1.29, 1.82) is 0 Å². The Morgan fingerprint density at radius 1 is 1.31 bits per heavy atom. The van der Waals surface area contributed by atoms with E-state index in [4.69, 9.17) is 9.47 Å². The summed E-state index contributed by atoms with van der Waals surface area (Å²) in [7, 11) is 0. The third-order valence-electron chi connectivity index (χ3n) is 4.20. The summed E-state index contributed by atoms with van der Waals surface area (Å²) in [5.74, 6) is -0.145. The highest BCUT2D eigenvalue weighted by Crippen LogP contribution is 2.12. The summed E-state index contributed by atoms with van der Waals surface area (Å²) in [5, 5.41) is 15.0. The lowest BCUT2D eigenvalue weighted by Gasteiger charge is -2.23. The zero-order valence-corrected chi connectivity index (χ0v) is 15.5. The highest BCUT2D eigenvalue weighted by Gasteiger charge is 2.31. The van der Waals surface area contributed by atoms with Gasteiger partial charge in [-0.2, -0.15) is 0 Å². The van der Waals surface area contributed by atoms with Crippen LogP contribution >= 0.6 is 0 Å². The van der Waals surface area contributed by atoms with E-state index in [9.17, 15) is 14.7 Å². The van der Waals surface area contributed by atoms with Crippen LogP contribution in [0, 0.1) is 12.8 Å². The molecule has 1 aliphatic heterocycles. The van der Waals surface area contributed by atoms with Gasteiger partial charge in [0, 0.05) is 0 Å². The van der Waals surface area contributed by atoms with Crippen LogP contribution in [-0.2, 0) is 20.9 Å². The maximum Gasteiger partial charge on any atom is 0.408 e. The Bertz CT molecular complexity index is 602. The number of carbonyl (C=O) groups excluding carboxylic acids is 2. The van der Waals surface area contributed by atoms with Gasteiger partial charge in [0.25, 0.3) is 0 Å². The minimum absolute atomic E-state index is 0.136. The van der Waals surface area contributed by atoms with Gasteiger partial charge in [-0.3, -0.25) is 4.79 Å². The van der Waals surface area contributed by atoms with Gasteiger partial charge < -0.3 is 25.2 Å². The van der Waals surface area contributed by atoms with Crippen molar-refractivity contribution < 1.29 is 24.2 Å². The maximum absolute atomic E-state index is 12.5. The van der Waals surface area contributed by atoms with Gasteiger partial charge in [0.1, 0.15) is 12.6 Å². The van der Waals surface area contributed by atoms with Crippen LogP contribution in [0.25, 0.3) is 0 Å².